The van der Waals surface area contributed by atoms with Crippen molar-refractivity contribution in [2.45, 2.75) is 38.0 Å². The number of rotatable bonds is 10. The number of epoxide rings is 1. The molecule has 7 nitrogen and oxygen atoms in total. The van der Waals surface area contributed by atoms with Gasteiger partial charge in [-0.25, -0.2) is 9.59 Å². The van der Waals surface area contributed by atoms with Crippen LogP contribution in [0.25, 0.3) is 0 Å². The van der Waals surface area contributed by atoms with Crippen molar-refractivity contribution < 1.29 is 29.0 Å². The number of nitrogens with one attached hydrogen (secondary N) is 1. The van der Waals surface area contributed by atoms with Crippen molar-refractivity contribution >= 4 is 17.8 Å². The Kier molecular flexibility index (Phi) is 7.91. The van der Waals surface area contributed by atoms with Gasteiger partial charge in [-0.15, -0.1) is 0 Å². The predicted octanol–water partition coefficient (Wildman–Crippen LogP) is 2.19. The molecule has 0 aliphatic carbocycles. The quantitative estimate of drug-likeness (QED) is 0.270. The van der Waals surface area contributed by atoms with E-state index in [1.54, 1.807) is 24.3 Å². The van der Waals surface area contributed by atoms with E-state index in [0.29, 0.717) is 13.0 Å². The number of carbonyl (C=O) groups is 3. The average Bonchev–Trinajstić information content (AvgIpc) is 3.41. The lowest BCUT2D eigenvalue weighted by atomic mass is 10.0. The molecule has 1 heterocycles. The first-order chi connectivity index (χ1) is 13.8. The Morgan fingerprint density at radius 1 is 1.21 bits per heavy atom. The summed E-state index contributed by atoms with van der Waals surface area (Å²) in [4.78, 5) is 34.7. The van der Waals surface area contributed by atoms with Crippen LogP contribution < -0.4 is 5.32 Å². The molecule has 1 amide bonds. The molecule has 29 heavy (non-hydrogen) atoms. The second-order valence-electron chi connectivity index (χ2n) is 6.87. The maximum Gasteiger partial charge on any atom is 0.329 e. The van der Waals surface area contributed by atoms with Gasteiger partial charge < -0.3 is 19.9 Å². The molecule has 0 bridgehead atoms. The summed E-state index contributed by atoms with van der Waals surface area (Å²) in [5.74, 6) is -1.91. The first-order valence-electron chi connectivity index (χ1n) is 9.20. The highest BCUT2D eigenvalue weighted by molar-refractivity contribution is 5.83. The number of ether oxygens (including phenoxy) is 2. The van der Waals surface area contributed by atoms with Gasteiger partial charge in [-0.05, 0) is 18.6 Å². The minimum absolute atomic E-state index is 0.313. The summed E-state index contributed by atoms with van der Waals surface area (Å²) in [6, 6.07) is 8.53. The molecule has 1 fully saturated rings. The van der Waals surface area contributed by atoms with Crippen molar-refractivity contribution in [2.75, 3.05) is 6.61 Å². The molecule has 0 saturated carbocycles. The van der Waals surface area contributed by atoms with Crippen LogP contribution in [0, 0.1) is 0 Å². The van der Waals surface area contributed by atoms with E-state index in [2.05, 4.69) is 5.32 Å². The summed E-state index contributed by atoms with van der Waals surface area (Å²) in [6.45, 7) is 3.62. The largest absolute Gasteiger partial charge is 0.478 e. The third-order valence-electron chi connectivity index (χ3n) is 4.25. The van der Waals surface area contributed by atoms with Crippen LogP contribution in [0.1, 0.15) is 19.4 Å². The Morgan fingerprint density at radius 2 is 1.86 bits per heavy atom. The van der Waals surface area contributed by atoms with E-state index in [9.17, 15) is 14.4 Å². The molecule has 2 rings (SSSR count). The summed E-state index contributed by atoms with van der Waals surface area (Å²) < 4.78 is 11.1. The number of benzene rings is 1. The maximum absolute atomic E-state index is 12.8. The minimum atomic E-state index is -1.04. The SMILES string of the molecule is CC(=O)NC(Cc1ccccc1)C(=O)OC(/C=C/C=C/C=C/C(=O)O)C1(C)CO1. The first kappa shape index (κ1) is 22.1. The number of carboxylic acid groups (broad SMARTS) is 1. The van der Waals surface area contributed by atoms with Gasteiger partial charge in [-0.1, -0.05) is 54.6 Å². The van der Waals surface area contributed by atoms with E-state index in [0.717, 1.165) is 11.6 Å². The number of aliphatic carboxylic acids is 1. The fourth-order valence-corrected chi connectivity index (χ4v) is 2.57. The number of amides is 1. The average molecular weight is 399 g/mol. The predicted molar refractivity (Wildman–Crippen MR) is 107 cm³/mol. The Balaban J connectivity index is 2.06. The highest BCUT2D eigenvalue weighted by atomic mass is 16.6. The normalized spacial score (nSPS) is 20.6. The lowest BCUT2D eigenvalue weighted by Crippen LogP contribution is -2.45. The Morgan fingerprint density at radius 3 is 2.45 bits per heavy atom. The molecule has 3 unspecified atom stereocenters. The van der Waals surface area contributed by atoms with Gasteiger partial charge in [0.1, 0.15) is 11.6 Å². The molecule has 0 radical (unpaired) electrons. The van der Waals surface area contributed by atoms with Crippen LogP contribution in [-0.2, 0) is 30.3 Å². The molecule has 0 spiro atoms. The molecule has 1 aliphatic heterocycles. The number of allylic oxidation sites excluding steroid dienone is 4. The van der Waals surface area contributed by atoms with Crippen LogP contribution in [0.15, 0.2) is 66.8 Å². The monoisotopic (exact) mass is 399 g/mol. The zero-order valence-corrected chi connectivity index (χ0v) is 16.4. The van der Waals surface area contributed by atoms with Crippen LogP contribution in [0.3, 0.4) is 0 Å². The van der Waals surface area contributed by atoms with Gasteiger partial charge in [-0.2, -0.15) is 0 Å². The minimum Gasteiger partial charge on any atom is -0.478 e. The highest BCUT2D eigenvalue weighted by Crippen LogP contribution is 2.33. The topological polar surface area (TPSA) is 105 Å². The third kappa shape index (κ3) is 7.75. The highest BCUT2D eigenvalue weighted by Gasteiger charge is 2.48. The summed E-state index contributed by atoms with van der Waals surface area (Å²) >= 11 is 0. The molecule has 1 saturated heterocycles. The fraction of sp³-hybridized carbons (Fsp3) is 0.318. The van der Waals surface area contributed by atoms with Crippen molar-refractivity contribution in [1.29, 1.82) is 0 Å². The maximum atomic E-state index is 12.8. The number of hydrogen-bond donors (Lipinski definition) is 2. The van der Waals surface area contributed by atoms with Crippen LogP contribution in [0.4, 0.5) is 0 Å². The molecule has 1 aliphatic rings. The Hall–Kier alpha value is -3.19. The smallest absolute Gasteiger partial charge is 0.329 e. The van der Waals surface area contributed by atoms with Crippen molar-refractivity contribution in [2.24, 2.45) is 0 Å². The van der Waals surface area contributed by atoms with E-state index >= 15 is 0 Å². The van der Waals surface area contributed by atoms with Crippen molar-refractivity contribution in [3.63, 3.8) is 0 Å². The second-order valence-corrected chi connectivity index (χ2v) is 6.87. The molecular formula is C22H25NO6. The Bertz CT molecular complexity index is 808. The van der Waals surface area contributed by atoms with E-state index in [1.807, 2.05) is 37.3 Å². The summed E-state index contributed by atoms with van der Waals surface area (Å²) in [7, 11) is 0. The Labute approximate surface area is 169 Å². The van der Waals surface area contributed by atoms with Gasteiger partial charge in [-0.3, -0.25) is 4.79 Å². The van der Waals surface area contributed by atoms with Crippen molar-refractivity contribution in [3.05, 3.63) is 72.4 Å². The van der Waals surface area contributed by atoms with Gasteiger partial charge in [0.15, 0.2) is 6.10 Å². The number of carbonyl (C=O) groups excluding carboxylic acids is 2. The fourth-order valence-electron chi connectivity index (χ4n) is 2.57. The van der Waals surface area contributed by atoms with E-state index in [1.165, 1.54) is 13.0 Å². The molecule has 7 heteroatoms. The number of carboxylic acids is 1. The first-order valence-corrected chi connectivity index (χ1v) is 9.20. The zero-order chi connectivity index (χ0) is 21.3. The van der Waals surface area contributed by atoms with E-state index in [-0.39, 0.29) is 5.91 Å². The van der Waals surface area contributed by atoms with Gasteiger partial charge in [0.2, 0.25) is 5.91 Å². The third-order valence-corrected chi connectivity index (χ3v) is 4.25. The standard InChI is InChI=1S/C22H25NO6/c1-16(24)23-18(14-17-10-6-5-7-11-17)21(27)29-19(22(2)15-28-22)12-8-3-4-9-13-20(25)26/h3-13,18-19H,14-15H2,1-2H3,(H,23,24)(H,25,26)/b4-3+,12-8+,13-9+. The van der Waals surface area contributed by atoms with Gasteiger partial charge in [0.25, 0.3) is 0 Å². The molecule has 1 aromatic carbocycles. The number of hydrogen-bond acceptors (Lipinski definition) is 5. The van der Waals surface area contributed by atoms with Crippen molar-refractivity contribution in [3.8, 4) is 0 Å². The molecule has 0 aromatic heterocycles. The van der Waals surface area contributed by atoms with E-state index in [4.69, 9.17) is 14.6 Å². The molecule has 1 aromatic rings. The molecular weight excluding hydrogens is 374 g/mol. The van der Waals surface area contributed by atoms with Crippen LogP contribution in [0.2, 0.25) is 0 Å². The van der Waals surface area contributed by atoms with Crippen LogP contribution in [-0.4, -0.2) is 47.3 Å². The summed E-state index contributed by atoms with van der Waals surface area (Å²) in [5.41, 5.74) is 0.280. The lowest BCUT2D eigenvalue weighted by molar-refractivity contribution is -0.153. The van der Waals surface area contributed by atoms with Gasteiger partial charge in [0, 0.05) is 19.4 Å². The van der Waals surface area contributed by atoms with E-state index < -0.39 is 29.7 Å². The van der Waals surface area contributed by atoms with Gasteiger partial charge in [0.05, 0.1) is 6.61 Å². The summed E-state index contributed by atoms with van der Waals surface area (Å²) in [6.07, 6.45) is 8.56. The van der Waals surface area contributed by atoms with Crippen LogP contribution >= 0.6 is 0 Å². The molecule has 3 atom stereocenters. The molecule has 2 N–H and O–H groups in total. The summed E-state index contributed by atoms with van der Waals surface area (Å²) in [5, 5.41) is 11.2. The number of esters is 1. The van der Waals surface area contributed by atoms with Gasteiger partial charge >= 0.3 is 11.9 Å². The zero-order valence-electron chi connectivity index (χ0n) is 16.4. The second kappa shape index (κ2) is 10.4. The van der Waals surface area contributed by atoms with Crippen molar-refractivity contribution in [1.82, 2.24) is 5.32 Å². The lowest BCUT2D eigenvalue weighted by Gasteiger charge is -2.22. The molecule has 154 valence electrons. The van der Waals surface area contributed by atoms with Crippen LogP contribution in [0.5, 0.6) is 0 Å².